The molecule has 0 aliphatic heterocycles. The molecule has 1 aliphatic rings. The standard InChI is InChI=1S/C17H20FN5OS/c1-9(20)4-16(25)23-13-7-14(12(18)6-11(13)8-19)22-15(17(21)24)5-10-2-3-10/h6-7,10,15,20,22H,2-5H2,1H3,(H2,21,24)(H,23,25). The highest BCUT2D eigenvalue weighted by atomic mass is 32.1. The number of nitrogens with two attached hydrogens (primary N) is 1. The van der Waals surface area contributed by atoms with Gasteiger partial charge in [-0.25, -0.2) is 4.39 Å². The Balaban J connectivity index is 2.23. The molecule has 0 saturated heterocycles. The van der Waals surface area contributed by atoms with Crippen molar-refractivity contribution in [2.75, 3.05) is 10.6 Å². The summed E-state index contributed by atoms with van der Waals surface area (Å²) in [5, 5.41) is 22.3. The van der Waals surface area contributed by atoms with E-state index in [1.54, 1.807) is 6.92 Å². The molecular weight excluding hydrogens is 341 g/mol. The summed E-state index contributed by atoms with van der Waals surface area (Å²) in [6, 6.07) is 3.73. The van der Waals surface area contributed by atoms with Gasteiger partial charge < -0.3 is 21.8 Å². The number of carbonyl (C=O) groups excluding carboxylic acids is 1. The zero-order chi connectivity index (χ0) is 18.6. The maximum Gasteiger partial charge on any atom is 0.239 e. The van der Waals surface area contributed by atoms with Crippen molar-refractivity contribution in [3.8, 4) is 6.07 Å². The van der Waals surface area contributed by atoms with Crippen LogP contribution in [0.3, 0.4) is 0 Å². The van der Waals surface area contributed by atoms with Crippen LogP contribution in [0.15, 0.2) is 12.1 Å². The quantitative estimate of drug-likeness (QED) is 0.420. The van der Waals surface area contributed by atoms with Crippen LogP contribution in [0.25, 0.3) is 0 Å². The lowest BCUT2D eigenvalue weighted by Gasteiger charge is -2.18. The Bertz CT molecular complexity index is 754. The van der Waals surface area contributed by atoms with E-state index in [0.717, 1.165) is 18.9 Å². The number of halogens is 1. The molecule has 0 heterocycles. The molecule has 5 N–H and O–H groups in total. The van der Waals surface area contributed by atoms with Crippen LogP contribution in [0.2, 0.25) is 0 Å². The van der Waals surface area contributed by atoms with Gasteiger partial charge in [0, 0.05) is 12.1 Å². The first-order valence-corrected chi connectivity index (χ1v) is 8.34. The molecule has 1 saturated carbocycles. The average molecular weight is 361 g/mol. The summed E-state index contributed by atoms with van der Waals surface area (Å²) in [6.45, 7) is 1.62. The molecule has 1 aromatic rings. The van der Waals surface area contributed by atoms with Crippen molar-refractivity contribution in [3.63, 3.8) is 0 Å². The normalized spacial score (nSPS) is 14.3. The summed E-state index contributed by atoms with van der Waals surface area (Å²) in [5.41, 5.74) is 6.27. The molecule has 1 aromatic carbocycles. The third-order valence-corrected chi connectivity index (χ3v) is 4.11. The summed E-state index contributed by atoms with van der Waals surface area (Å²) >= 11 is 5.14. The van der Waals surface area contributed by atoms with E-state index in [1.807, 2.05) is 6.07 Å². The lowest BCUT2D eigenvalue weighted by Crippen LogP contribution is -2.36. The monoisotopic (exact) mass is 361 g/mol. The average Bonchev–Trinajstić information content (AvgIpc) is 3.32. The molecule has 0 radical (unpaired) electrons. The fourth-order valence-electron chi connectivity index (χ4n) is 2.44. The topological polar surface area (TPSA) is 115 Å². The van der Waals surface area contributed by atoms with E-state index < -0.39 is 17.8 Å². The number of primary amides is 1. The van der Waals surface area contributed by atoms with Gasteiger partial charge in [-0.3, -0.25) is 4.79 Å². The van der Waals surface area contributed by atoms with Crippen molar-refractivity contribution in [3.05, 3.63) is 23.5 Å². The molecule has 8 heteroatoms. The Hall–Kier alpha value is -2.53. The van der Waals surface area contributed by atoms with E-state index in [4.69, 9.17) is 23.4 Å². The van der Waals surface area contributed by atoms with Gasteiger partial charge in [-0.15, -0.1) is 0 Å². The molecule has 6 nitrogen and oxygen atoms in total. The van der Waals surface area contributed by atoms with Gasteiger partial charge in [-0.2, -0.15) is 5.26 Å². The van der Waals surface area contributed by atoms with Crippen molar-refractivity contribution in [1.29, 1.82) is 10.7 Å². The Labute approximate surface area is 151 Å². The second-order valence-corrected chi connectivity index (χ2v) is 6.77. The molecule has 1 amide bonds. The Morgan fingerprint density at radius 2 is 2.20 bits per heavy atom. The molecule has 2 rings (SSSR count). The SMILES string of the molecule is CC(=N)CC(=S)Nc1cc(NC(CC2CC2)C(N)=O)c(F)cc1C#N. The second kappa shape index (κ2) is 8.03. The fraction of sp³-hybridized carbons (Fsp3) is 0.412. The molecule has 0 bridgehead atoms. The highest BCUT2D eigenvalue weighted by molar-refractivity contribution is 7.80. The summed E-state index contributed by atoms with van der Waals surface area (Å²) < 4.78 is 14.3. The maximum atomic E-state index is 14.3. The lowest BCUT2D eigenvalue weighted by atomic mass is 10.1. The van der Waals surface area contributed by atoms with Crippen molar-refractivity contribution < 1.29 is 9.18 Å². The number of carbonyl (C=O) groups is 1. The summed E-state index contributed by atoms with van der Waals surface area (Å²) in [6.07, 6.45) is 2.89. The minimum absolute atomic E-state index is 0.0836. The molecule has 1 fully saturated rings. The van der Waals surface area contributed by atoms with Crippen LogP contribution >= 0.6 is 12.2 Å². The number of nitrogens with zero attached hydrogens (tertiary/aromatic N) is 1. The first-order chi connectivity index (χ1) is 11.8. The number of hydrogen-bond acceptors (Lipinski definition) is 5. The third-order valence-electron chi connectivity index (χ3n) is 3.87. The number of nitrogens with one attached hydrogen (secondary N) is 3. The predicted molar refractivity (Wildman–Crippen MR) is 99.3 cm³/mol. The number of rotatable bonds is 8. The van der Waals surface area contributed by atoms with Gasteiger partial charge >= 0.3 is 0 Å². The van der Waals surface area contributed by atoms with Gasteiger partial charge in [0.25, 0.3) is 0 Å². The van der Waals surface area contributed by atoms with Gasteiger partial charge in [0.1, 0.15) is 17.9 Å². The van der Waals surface area contributed by atoms with E-state index >= 15 is 0 Å². The number of nitriles is 1. The minimum atomic E-state index is -0.668. The third kappa shape index (κ3) is 5.50. The molecule has 1 aliphatic carbocycles. The summed E-state index contributed by atoms with van der Waals surface area (Å²) in [4.78, 5) is 12.0. The van der Waals surface area contributed by atoms with E-state index in [9.17, 15) is 14.4 Å². The molecule has 0 aromatic heterocycles. The summed E-state index contributed by atoms with van der Waals surface area (Å²) in [7, 11) is 0. The van der Waals surface area contributed by atoms with E-state index in [1.165, 1.54) is 6.07 Å². The van der Waals surface area contributed by atoms with E-state index in [0.29, 0.717) is 28.7 Å². The Morgan fingerprint density at radius 1 is 1.52 bits per heavy atom. The lowest BCUT2D eigenvalue weighted by molar-refractivity contribution is -0.118. The van der Waals surface area contributed by atoms with Crippen molar-refractivity contribution in [1.82, 2.24) is 0 Å². The zero-order valence-corrected chi connectivity index (χ0v) is 14.7. The zero-order valence-electron chi connectivity index (χ0n) is 13.9. The number of thiocarbonyl (C=S) groups is 1. The summed E-state index contributed by atoms with van der Waals surface area (Å²) in [5.74, 6) is -0.745. The Kier molecular flexibility index (Phi) is 6.04. The van der Waals surface area contributed by atoms with Crippen molar-refractivity contribution in [2.45, 2.75) is 38.6 Å². The maximum absolute atomic E-state index is 14.3. The van der Waals surface area contributed by atoms with Gasteiger partial charge in [0.2, 0.25) is 5.91 Å². The number of benzene rings is 1. The number of hydrogen-bond donors (Lipinski definition) is 4. The first-order valence-electron chi connectivity index (χ1n) is 7.93. The molecule has 1 atom stereocenters. The molecule has 132 valence electrons. The second-order valence-electron chi connectivity index (χ2n) is 6.27. The molecule has 25 heavy (non-hydrogen) atoms. The molecular formula is C17H20FN5OS. The van der Waals surface area contributed by atoms with Gasteiger partial charge in [-0.1, -0.05) is 25.1 Å². The van der Waals surface area contributed by atoms with Gasteiger partial charge in [0.15, 0.2) is 0 Å². The van der Waals surface area contributed by atoms with E-state index in [-0.39, 0.29) is 17.7 Å². The van der Waals surface area contributed by atoms with Crippen LogP contribution in [0, 0.1) is 28.5 Å². The highest BCUT2D eigenvalue weighted by Gasteiger charge is 2.28. The van der Waals surface area contributed by atoms with Crippen LogP contribution < -0.4 is 16.4 Å². The number of anilines is 2. The molecule has 0 spiro atoms. The van der Waals surface area contributed by atoms with E-state index in [2.05, 4.69) is 10.6 Å². The van der Waals surface area contributed by atoms with Crippen LogP contribution in [0.1, 0.15) is 38.2 Å². The fourth-order valence-corrected chi connectivity index (χ4v) is 2.76. The largest absolute Gasteiger partial charge is 0.371 e. The van der Waals surface area contributed by atoms with Crippen LogP contribution in [0.4, 0.5) is 15.8 Å². The van der Waals surface area contributed by atoms with Gasteiger partial charge in [0.05, 0.1) is 21.9 Å². The first kappa shape index (κ1) is 18.8. The van der Waals surface area contributed by atoms with Crippen molar-refractivity contribution in [2.24, 2.45) is 11.7 Å². The van der Waals surface area contributed by atoms with Gasteiger partial charge in [-0.05, 0) is 31.4 Å². The van der Waals surface area contributed by atoms with Crippen LogP contribution in [-0.4, -0.2) is 22.6 Å². The molecule has 1 unspecified atom stereocenters. The van der Waals surface area contributed by atoms with Crippen LogP contribution in [0.5, 0.6) is 0 Å². The number of amides is 1. The predicted octanol–water partition coefficient (Wildman–Crippen LogP) is 2.93. The van der Waals surface area contributed by atoms with Crippen LogP contribution in [-0.2, 0) is 4.79 Å². The minimum Gasteiger partial charge on any atom is -0.371 e. The Morgan fingerprint density at radius 3 is 2.72 bits per heavy atom. The van der Waals surface area contributed by atoms with Crippen molar-refractivity contribution >= 4 is 40.2 Å². The highest BCUT2D eigenvalue weighted by Crippen LogP contribution is 2.34. The smallest absolute Gasteiger partial charge is 0.239 e.